The highest BCUT2D eigenvalue weighted by Gasteiger charge is 2.32. The van der Waals surface area contributed by atoms with E-state index in [4.69, 9.17) is 9.94 Å². The molecule has 0 radical (unpaired) electrons. The average Bonchev–Trinajstić information content (AvgIpc) is 2.58. The summed E-state index contributed by atoms with van der Waals surface area (Å²) in [5, 5.41) is 11.5. The molecular formula is C9H6F3NO2. The van der Waals surface area contributed by atoms with Gasteiger partial charge in [0.2, 0.25) is 0 Å². The Hall–Kier alpha value is -1.72. The Morgan fingerprint density at radius 1 is 1.33 bits per heavy atom. The van der Waals surface area contributed by atoms with Gasteiger partial charge >= 0.3 is 6.18 Å². The molecular weight excluding hydrogens is 211 g/mol. The summed E-state index contributed by atoms with van der Waals surface area (Å²) in [6.45, 7) is -0.00680. The summed E-state index contributed by atoms with van der Waals surface area (Å²) in [5.41, 5.74) is -0.148. The molecule has 1 aliphatic rings. The highest BCUT2D eigenvalue weighted by Crippen LogP contribution is 2.35. The fourth-order valence-electron chi connectivity index (χ4n) is 1.36. The fraction of sp³-hybridized carbons (Fsp3) is 0.222. The number of alkyl halides is 3. The van der Waals surface area contributed by atoms with E-state index in [0.717, 1.165) is 12.1 Å². The van der Waals surface area contributed by atoms with Crippen LogP contribution in [0.2, 0.25) is 0 Å². The Morgan fingerprint density at radius 3 is 2.67 bits per heavy atom. The van der Waals surface area contributed by atoms with Crippen molar-refractivity contribution in [2.24, 2.45) is 5.16 Å². The number of fused-ring (bicyclic) bond motifs is 1. The van der Waals surface area contributed by atoms with Crippen LogP contribution in [-0.4, -0.2) is 17.5 Å². The number of hydrogen-bond acceptors (Lipinski definition) is 3. The Kier molecular flexibility index (Phi) is 2.06. The molecule has 0 saturated carbocycles. The van der Waals surface area contributed by atoms with Crippen LogP contribution in [0.25, 0.3) is 0 Å². The first-order chi connectivity index (χ1) is 7.02. The van der Waals surface area contributed by atoms with Crippen LogP contribution in [-0.2, 0) is 6.18 Å². The molecule has 0 amide bonds. The zero-order chi connectivity index (χ0) is 11.1. The van der Waals surface area contributed by atoms with Crippen molar-refractivity contribution in [1.82, 2.24) is 0 Å². The largest absolute Gasteiger partial charge is 0.486 e. The van der Waals surface area contributed by atoms with Gasteiger partial charge in [0, 0.05) is 5.56 Å². The second-order valence-corrected chi connectivity index (χ2v) is 3.04. The van der Waals surface area contributed by atoms with Gasteiger partial charge in [-0.25, -0.2) is 0 Å². The van der Waals surface area contributed by atoms with Gasteiger partial charge in [-0.1, -0.05) is 5.16 Å². The minimum Gasteiger partial charge on any atom is -0.486 e. The van der Waals surface area contributed by atoms with E-state index in [1.807, 2.05) is 0 Å². The maximum Gasteiger partial charge on any atom is 0.416 e. The molecule has 0 aliphatic carbocycles. The summed E-state index contributed by atoms with van der Waals surface area (Å²) in [5.74, 6) is 0.0950. The molecule has 15 heavy (non-hydrogen) atoms. The van der Waals surface area contributed by atoms with E-state index in [0.29, 0.717) is 5.56 Å². The summed E-state index contributed by atoms with van der Waals surface area (Å²) < 4.78 is 41.8. The molecule has 0 fully saturated rings. The van der Waals surface area contributed by atoms with Gasteiger partial charge in [0.05, 0.1) is 5.56 Å². The van der Waals surface area contributed by atoms with Crippen LogP contribution < -0.4 is 4.74 Å². The first-order valence-corrected chi connectivity index (χ1v) is 4.07. The van der Waals surface area contributed by atoms with Crippen molar-refractivity contribution in [1.29, 1.82) is 0 Å². The van der Waals surface area contributed by atoms with Gasteiger partial charge in [-0.2, -0.15) is 13.2 Å². The third kappa shape index (κ3) is 1.62. The van der Waals surface area contributed by atoms with Crippen LogP contribution in [0.3, 0.4) is 0 Å². The Balaban J connectivity index is 2.46. The van der Waals surface area contributed by atoms with Crippen molar-refractivity contribution in [3.05, 3.63) is 29.3 Å². The lowest BCUT2D eigenvalue weighted by Gasteiger charge is -2.07. The minimum absolute atomic E-state index is 0.00680. The summed E-state index contributed by atoms with van der Waals surface area (Å²) in [6.07, 6.45) is -4.39. The molecule has 1 N–H and O–H groups in total. The Labute approximate surface area is 82.8 Å². The predicted molar refractivity (Wildman–Crippen MR) is 45.3 cm³/mol. The lowest BCUT2D eigenvalue weighted by molar-refractivity contribution is -0.137. The molecule has 0 saturated heterocycles. The minimum atomic E-state index is -4.39. The van der Waals surface area contributed by atoms with Crippen molar-refractivity contribution >= 4 is 5.71 Å². The van der Waals surface area contributed by atoms with Crippen molar-refractivity contribution < 1.29 is 23.1 Å². The molecule has 1 aromatic carbocycles. The van der Waals surface area contributed by atoms with Crippen molar-refractivity contribution in [3.8, 4) is 5.75 Å². The number of ether oxygens (including phenoxy) is 1. The normalized spacial score (nSPS) is 17.7. The monoisotopic (exact) mass is 217 g/mol. The second-order valence-electron chi connectivity index (χ2n) is 3.04. The Bertz CT molecular complexity index is 426. The van der Waals surface area contributed by atoms with Crippen LogP contribution in [0.1, 0.15) is 11.1 Å². The molecule has 2 rings (SSSR count). The quantitative estimate of drug-likeness (QED) is 0.535. The van der Waals surface area contributed by atoms with Crippen LogP contribution in [0.5, 0.6) is 5.75 Å². The number of benzene rings is 1. The zero-order valence-corrected chi connectivity index (χ0v) is 7.38. The number of rotatable bonds is 0. The highest BCUT2D eigenvalue weighted by atomic mass is 19.4. The lowest BCUT2D eigenvalue weighted by Crippen LogP contribution is -2.04. The first-order valence-electron chi connectivity index (χ1n) is 4.07. The second kappa shape index (κ2) is 3.15. The van der Waals surface area contributed by atoms with Crippen LogP contribution in [0, 0.1) is 0 Å². The van der Waals surface area contributed by atoms with E-state index >= 15 is 0 Å². The summed E-state index contributed by atoms with van der Waals surface area (Å²) >= 11 is 0. The van der Waals surface area contributed by atoms with Gasteiger partial charge < -0.3 is 9.94 Å². The van der Waals surface area contributed by atoms with Crippen LogP contribution >= 0.6 is 0 Å². The molecule has 0 atom stereocenters. The lowest BCUT2D eigenvalue weighted by atomic mass is 10.1. The maximum atomic E-state index is 12.3. The molecule has 0 bridgehead atoms. The third-order valence-electron chi connectivity index (χ3n) is 2.10. The molecule has 6 heteroatoms. The zero-order valence-electron chi connectivity index (χ0n) is 7.38. The SMILES string of the molecule is ON=C1COc2cc(C(F)(F)F)ccc21. The van der Waals surface area contributed by atoms with Gasteiger partial charge in [-0.05, 0) is 18.2 Å². The third-order valence-corrected chi connectivity index (χ3v) is 2.10. The van der Waals surface area contributed by atoms with Gasteiger partial charge in [0.25, 0.3) is 0 Å². The molecule has 1 aliphatic heterocycles. The van der Waals surface area contributed by atoms with E-state index < -0.39 is 11.7 Å². The van der Waals surface area contributed by atoms with Gasteiger partial charge in [-0.15, -0.1) is 0 Å². The van der Waals surface area contributed by atoms with Gasteiger partial charge in [0.1, 0.15) is 18.1 Å². The Morgan fingerprint density at radius 2 is 2.07 bits per heavy atom. The number of nitrogens with zero attached hydrogens (tertiary/aromatic N) is 1. The summed E-state index contributed by atoms with van der Waals surface area (Å²) in [4.78, 5) is 0. The fourth-order valence-corrected chi connectivity index (χ4v) is 1.36. The molecule has 0 aromatic heterocycles. The molecule has 1 heterocycles. The highest BCUT2D eigenvalue weighted by molar-refractivity contribution is 6.05. The van der Waals surface area contributed by atoms with E-state index in [9.17, 15) is 13.2 Å². The predicted octanol–water partition coefficient (Wildman–Crippen LogP) is 2.28. The van der Waals surface area contributed by atoms with Crippen molar-refractivity contribution in [2.75, 3.05) is 6.61 Å². The number of oxime groups is 1. The van der Waals surface area contributed by atoms with Crippen molar-refractivity contribution in [3.63, 3.8) is 0 Å². The van der Waals surface area contributed by atoms with Crippen molar-refractivity contribution in [2.45, 2.75) is 6.18 Å². The van der Waals surface area contributed by atoms with Gasteiger partial charge in [-0.3, -0.25) is 0 Å². The molecule has 80 valence electrons. The number of halogens is 3. The maximum absolute atomic E-state index is 12.3. The van der Waals surface area contributed by atoms with E-state index in [1.165, 1.54) is 6.07 Å². The van der Waals surface area contributed by atoms with Crippen LogP contribution in [0.15, 0.2) is 23.4 Å². The smallest absolute Gasteiger partial charge is 0.416 e. The topological polar surface area (TPSA) is 41.8 Å². The molecule has 0 spiro atoms. The van der Waals surface area contributed by atoms with E-state index in [-0.39, 0.29) is 18.1 Å². The van der Waals surface area contributed by atoms with E-state index in [1.54, 1.807) is 0 Å². The molecule has 0 unspecified atom stereocenters. The van der Waals surface area contributed by atoms with Gasteiger partial charge in [0.15, 0.2) is 0 Å². The van der Waals surface area contributed by atoms with Crippen LogP contribution in [0.4, 0.5) is 13.2 Å². The average molecular weight is 217 g/mol. The van der Waals surface area contributed by atoms with E-state index in [2.05, 4.69) is 5.16 Å². The standard InChI is InChI=1S/C9H6F3NO2/c10-9(11,12)5-1-2-6-7(13-14)4-15-8(6)3-5/h1-3,14H,4H2. The molecule has 3 nitrogen and oxygen atoms in total. The first kappa shape index (κ1) is 9.82. The number of hydrogen-bond donors (Lipinski definition) is 1. The summed E-state index contributed by atoms with van der Waals surface area (Å²) in [6, 6.07) is 3.06. The molecule has 1 aromatic rings. The summed E-state index contributed by atoms with van der Waals surface area (Å²) in [7, 11) is 0.